The zero-order valence-corrected chi connectivity index (χ0v) is 9.50. The van der Waals surface area contributed by atoms with Crippen LogP contribution in [-0.4, -0.2) is 35.7 Å². The van der Waals surface area contributed by atoms with Gasteiger partial charge < -0.3 is 5.11 Å². The summed E-state index contributed by atoms with van der Waals surface area (Å²) in [5.41, 5.74) is 0.725. The molecule has 1 saturated heterocycles. The van der Waals surface area contributed by atoms with Gasteiger partial charge in [0.1, 0.15) is 0 Å². The Kier molecular flexibility index (Phi) is 2.85. The Balaban J connectivity index is 1.82. The van der Waals surface area contributed by atoms with Crippen LogP contribution < -0.4 is 0 Å². The number of rotatable bonds is 4. The second kappa shape index (κ2) is 3.82. The van der Waals surface area contributed by atoms with Crippen molar-refractivity contribution in [2.45, 2.75) is 45.6 Å². The molecule has 1 aliphatic carbocycles. The Hall–Kier alpha value is -0.0800. The van der Waals surface area contributed by atoms with Crippen LogP contribution in [-0.2, 0) is 0 Å². The summed E-state index contributed by atoms with van der Waals surface area (Å²) >= 11 is 0. The molecule has 2 nitrogen and oxygen atoms in total. The lowest BCUT2D eigenvalue weighted by Gasteiger charge is -2.59. The summed E-state index contributed by atoms with van der Waals surface area (Å²) < 4.78 is 0. The molecule has 82 valence electrons. The van der Waals surface area contributed by atoms with Gasteiger partial charge in [-0.2, -0.15) is 0 Å². The van der Waals surface area contributed by atoms with Crippen LogP contribution in [0.4, 0.5) is 0 Å². The van der Waals surface area contributed by atoms with Crippen LogP contribution in [0.3, 0.4) is 0 Å². The Labute approximate surface area is 87.3 Å². The first-order valence-corrected chi connectivity index (χ1v) is 6.02. The molecule has 1 atom stereocenters. The third kappa shape index (κ3) is 1.70. The third-order valence-corrected chi connectivity index (χ3v) is 4.15. The molecule has 1 aliphatic heterocycles. The van der Waals surface area contributed by atoms with Crippen molar-refractivity contribution in [3.05, 3.63) is 0 Å². The predicted octanol–water partition coefficient (Wildman–Crippen LogP) is 1.88. The highest BCUT2D eigenvalue weighted by Gasteiger charge is 2.49. The topological polar surface area (TPSA) is 23.5 Å². The van der Waals surface area contributed by atoms with Crippen LogP contribution in [0.1, 0.15) is 39.5 Å². The lowest BCUT2D eigenvalue weighted by molar-refractivity contribution is -0.0956. The van der Waals surface area contributed by atoms with Crippen molar-refractivity contribution in [2.75, 3.05) is 19.7 Å². The maximum absolute atomic E-state index is 9.03. The first-order chi connectivity index (χ1) is 6.67. The highest BCUT2D eigenvalue weighted by molar-refractivity contribution is 5.02. The fraction of sp³-hybridized carbons (Fsp3) is 1.00. The smallest absolute Gasteiger partial charge is 0.0446 e. The highest BCUT2D eigenvalue weighted by Crippen LogP contribution is 2.49. The monoisotopic (exact) mass is 197 g/mol. The number of likely N-dealkylation sites (tertiary alicyclic amines) is 1. The standard InChI is InChI=1S/C12H23NO/c1-10(2)11(4-7-14)13-8-12(9-13)5-3-6-12/h10-11,14H,3-9H2,1-2H3. The first-order valence-electron chi connectivity index (χ1n) is 6.02. The zero-order valence-electron chi connectivity index (χ0n) is 9.50. The molecule has 1 spiro atoms. The van der Waals surface area contributed by atoms with Gasteiger partial charge >= 0.3 is 0 Å². The van der Waals surface area contributed by atoms with E-state index in [1.54, 1.807) is 0 Å². The average molecular weight is 197 g/mol. The Morgan fingerprint density at radius 2 is 1.93 bits per heavy atom. The quantitative estimate of drug-likeness (QED) is 0.744. The van der Waals surface area contributed by atoms with E-state index in [0.717, 1.165) is 11.8 Å². The van der Waals surface area contributed by atoms with E-state index in [0.29, 0.717) is 18.6 Å². The van der Waals surface area contributed by atoms with E-state index < -0.39 is 0 Å². The van der Waals surface area contributed by atoms with E-state index in [2.05, 4.69) is 18.7 Å². The van der Waals surface area contributed by atoms with Crippen molar-refractivity contribution in [3.63, 3.8) is 0 Å². The fourth-order valence-electron chi connectivity index (χ4n) is 3.11. The summed E-state index contributed by atoms with van der Waals surface area (Å²) in [6.45, 7) is 7.48. The molecule has 1 N–H and O–H groups in total. The van der Waals surface area contributed by atoms with Gasteiger partial charge in [-0.05, 0) is 30.6 Å². The van der Waals surface area contributed by atoms with Crippen LogP contribution in [0, 0.1) is 11.3 Å². The van der Waals surface area contributed by atoms with Crippen LogP contribution >= 0.6 is 0 Å². The molecule has 1 unspecified atom stereocenters. The molecular formula is C12H23NO. The van der Waals surface area contributed by atoms with Crippen molar-refractivity contribution >= 4 is 0 Å². The van der Waals surface area contributed by atoms with E-state index in [4.69, 9.17) is 5.11 Å². The number of nitrogens with zero attached hydrogens (tertiary/aromatic N) is 1. The SMILES string of the molecule is CC(C)C(CCO)N1CC2(CCC2)C1. The Morgan fingerprint density at radius 3 is 2.29 bits per heavy atom. The third-order valence-electron chi connectivity index (χ3n) is 4.15. The minimum Gasteiger partial charge on any atom is -0.396 e. The lowest BCUT2D eigenvalue weighted by atomic mass is 9.63. The maximum atomic E-state index is 9.03. The van der Waals surface area contributed by atoms with E-state index in [9.17, 15) is 0 Å². The average Bonchev–Trinajstić information content (AvgIpc) is 1.97. The molecule has 1 saturated carbocycles. The predicted molar refractivity (Wildman–Crippen MR) is 58.2 cm³/mol. The molecule has 0 aromatic rings. The fourth-order valence-corrected chi connectivity index (χ4v) is 3.11. The molecule has 2 fully saturated rings. The van der Waals surface area contributed by atoms with Crippen molar-refractivity contribution in [1.82, 2.24) is 4.90 Å². The molecule has 1 heterocycles. The second-order valence-corrected chi connectivity index (χ2v) is 5.58. The Morgan fingerprint density at radius 1 is 1.29 bits per heavy atom. The minimum absolute atomic E-state index is 0.340. The van der Waals surface area contributed by atoms with Crippen molar-refractivity contribution < 1.29 is 5.11 Å². The van der Waals surface area contributed by atoms with Crippen LogP contribution in [0.25, 0.3) is 0 Å². The van der Waals surface area contributed by atoms with Gasteiger partial charge in [-0.1, -0.05) is 20.3 Å². The van der Waals surface area contributed by atoms with Crippen LogP contribution in [0.15, 0.2) is 0 Å². The molecule has 0 bridgehead atoms. The molecule has 0 aromatic carbocycles. The molecule has 14 heavy (non-hydrogen) atoms. The summed E-state index contributed by atoms with van der Waals surface area (Å²) in [5.74, 6) is 0.680. The van der Waals surface area contributed by atoms with Gasteiger partial charge in [-0.15, -0.1) is 0 Å². The maximum Gasteiger partial charge on any atom is 0.0446 e. The summed E-state index contributed by atoms with van der Waals surface area (Å²) in [6, 6.07) is 0.617. The highest BCUT2D eigenvalue weighted by atomic mass is 16.3. The summed E-state index contributed by atoms with van der Waals surface area (Å²) in [5, 5.41) is 9.03. The Bertz CT molecular complexity index is 190. The molecule has 0 aromatic heterocycles. The van der Waals surface area contributed by atoms with Gasteiger partial charge in [0.25, 0.3) is 0 Å². The summed E-state index contributed by atoms with van der Waals surface area (Å²) in [4.78, 5) is 2.58. The van der Waals surface area contributed by atoms with Gasteiger partial charge in [-0.25, -0.2) is 0 Å². The number of hydrogen-bond acceptors (Lipinski definition) is 2. The molecule has 0 amide bonds. The molecule has 2 rings (SSSR count). The number of hydrogen-bond donors (Lipinski definition) is 1. The van der Waals surface area contributed by atoms with E-state index >= 15 is 0 Å². The first kappa shape index (κ1) is 10.4. The van der Waals surface area contributed by atoms with Gasteiger partial charge in [-0.3, -0.25) is 4.90 Å². The van der Waals surface area contributed by atoms with Crippen LogP contribution in [0.5, 0.6) is 0 Å². The van der Waals surface area contributed by atoms with Gasteiger partial charge in [0.2, 0.25) is 0 Å². The van der Waals surface area contributed by atoms with Gasteiger partial charge in [0.15, 0.2) is 0 Å². The minimum atomic E-state index is 0.340. The normalized spacial score (nSPS) is 27.4. The van der Waals surface area contributed by atoms with E-state index in [-0.39, 0.29) is 0 Å². The largest absolute Gasteiger partial charge is 0.396 e. The van der Waals surface area contributed by atoms with E-state index in [1.165, 1.54) is 32.4 Å². The molecule has 0 radical (unpaired) electrons. The number of aliphatic hydroxyl groups excluding tert-OH is 1. The molecule has 2 heteroatoms. The summed E-state index contributed by atoms with van der Waals surface area (Å²) in [6.07, 6.45) is 5.30. The van der Waals surface area contributed by atoms with Crippen LogP contribution in [0.2, 0.25) is 0 Å². The van der Waals surface area contributed by atoms with Gasteiger partial charge in [0.05, 0.1) is 0 Å². The van der Waals surface area contributed by atoms with Gasteiger partial charge in [0, 0.05) is 25.7 Å². The molecule has 2 aliphatic rings. The number of aliphatic hydroxyl groups is 1. The van der Waals surface area contributed by atoms with E-state index in [1.807, 2.05) is 0 Å². The van der Waals surface area contributed by atoms with Crippen molar-refractivity contribution in [2.24, 2.45) is 11.3 Å². The lowest BCUT2D eigenvalue weighted by Crippen LogP contribution is -2.63. The van der Waals surface area contributed by atoms with Crippen molar-refractivity contribution in [1.29, 1.82) is 0 Å². The molecular weight excluding hydrogens is 174 g/mol. The summed E-state index contributed by atoms with van der Waals surface area (Å²) in [7, 11) is 0. The van der Waals surface area contributed by atoms with Crippen molar-refractivity contribution in [3.8, 4) is 0 Å². The second-order valence-electron chi connectivity index (χ2n) is 5.58. The zero-order chi connectivity index (χ0) is 10.2.